The number of carbonyl (C=O) groups is 1. The van der Waals surface area contributed by atoms with E-state index in [0.29, 0.717) is 19.1 Å². The molecule has 3 fully saturated rings. The van der Waals surface area contributed by atoms with Crippen LogP contribution in [0.25, 0.3) is 0 Å². The van der Waals surface area contributed by atoms with Gasteiger partial charge in [-0.3, -0.25) is 4.90 Å². The van der Waals surface area contributed by atoms with Crippen LogP contribution in [0, 0.1) is 5.92 Å². The molecule has 1 aromatic heterocycles. The van der Waals surface area contributed by atoms with Gasteiger partial charge in [0.05, 0.1) is 19.6 Å². The molecule has 2 aromatic carbocycles. The summed E-state index contributed by atoms with van der Waals surface area (Å²) >= 11 is 1.57. The van der Waals surface area contributed by atoms with Gasteiger partial charge in [0.1, 0.15) is 30.4 Å². The first-order chi connectivity index (χ1) is 16.2. The maximum atomic E-state index is 13.4. The fraction of sp³-hybridized carbons (Fsp3) is 0.370. The standard InChI is InChI=1S/C27H31N2O3S.BrH/c30-27(28(26-12-7-19-33-26)20-22-8-3-1-4-9-22)32-25-21-29(15-13-23(25)14-16-29)17-18-31-24-10-5-2-6-11-24;/h1-12,19,23,25H,13-18,20-21H2;1H/q+1;/p-1/t23?,25-,29?;/m0./s1. The Morgan fingerprint density at radius 3 is 2.35 bits per heavy atom. The second-order valence-electron chi connectivity index (χ2n) is 9.14. The van der Waals surface area contributed by atoms with Crippen LogP contribution in [-0.2, 0) is 11.3 Å². The highest BCUT2D eigenvalue weighted by molar-refractivity contribution is 7.14. The van der Waals surface area contributed by atoms with Gasteiger partial charge >= 0.3 is 6.09 Å². The predicted molar refractivity (Wildman–Crippen MR) is 132 cm³/mol. The van der Waals surface area contributed by atoms with Gasteiger partial charge < -0.3 is 30.9 Å². The van der Waals surface area contributed by atoms with Crippen molar-refractivity contribution < 1.29 is 35.7 Å². The molecule has 0 unspecified atom stereocenters. The summed E-state index contributed by atoms with van der Waals surface area (Å²) in [4.78, 5) is 15.2. The van der Waals surface area contributed by atoms with Crippen molar-refractivity contribution in [2.75, 3.05) is 37.7 Å². The second-order valence-corrected chi connectivity index (χ2v) is 10.1. The van der Waals surface area contributed by atoms with E-state index in [9.17, 15) is 4.79 Å². The first-order valence-electron chi connectivity index (χ1n) is 11.8. The summed E-state index contributed by atoms with van der Waals surface area (Å²) in [5, 5.41) is 2.92. The number of nitrogens with zero attached hydrogens (tertiary/aromatic N) is 2. The number of hydrogen-bond acceptors (Lipinski definition) is 4. The molecule has 3 aromatic rings. The summed E-state index contributed by atoms with van der Waals surface area (Å²) in [6.45, 7) is 5.34. The normalized spacial score (nSPS) is 23.1. The van der Waals surface area contributed by atoms with Crippen molar-refractivity contribution in [1.29, 1.82) is 0 Å². The van der Waals surface area contributed by atoms with Crippen LogP contribution < -0.4 is 26.6 Å². The van der Waals surface area contributed by atoms with E-state index in [1.54, 1.807) is 16.2 Å². The molecule has 3 aliphatic heterocycles. The van der Waals surface area contributed by atoms with Gasteiger partial charge in [-0.25, -0.2) is 4.79 Å². The van der Waals surface area contributed by atoms with E-state index >= 15 is 0 Å². The number of thiophene rings is 1. The SMILES string of the molecule is O=C(O[C@H]1C[N+]2(CCOc3ccccc3)CCC1CC2)N(Cc1ccccc1)c1cccs1.[Br-]. The number of halogens is 1. The van der Waals surface area contributed by atoms with E-state index in [1.165, 1.54) is 0 Å². The van der Waals surface area contributed by atoms with Gasteiger partial charge in [-0.1, -0.05) is 48.5 Å². The molecule has 1 amide bonds. The third-order valence-corrected chi connectivity index (χ3v) is 7.94. The number of benzene rings is 2. The van der Waals surface area contributed by atoms with Crippen LogP contribution in [-0.4, -0.2) is 49.5 Å². The average molecular weight is 544 g/mol. The van der Waals surface area contributed by atoms with Crippen molar-refractivity contribution in [2.45, 2.75) is 25.5 Å². The predicted octanol–water partition coefficient (Wildman–Crippen LogP) is 2.58. The quantitative estimate of drug-likeness (QED) is 0.410. The molecule has 7 heteroatoms. The molecule has 3 aliphatic rings. The fourth-order valence-corrected chi connectivity index (χ4v) is 5.88. The van der Waals surface area contributed by atoms with Crippen molar-refractivity contribution in [3.63, 3.8) is 0 Å². The Kier molecular flexibility index (Phi) is 8.29. The highest BCUT2D eigenvalue weighted by Gasteiger charge is 2.48. The molecule has 2 bridgehead atoms. The topological polar surface area (TPSA) is 38.8 Å². The van der Waals surface area contributed by atoms with Crippen LogP contribution in [0.4, 0.5) is 9.80 Å². The second kappa shape index (κ2) is 11.4. The minimum absolute atomic E-state index is 0. The maximum absolute atomic E-state index is 13.4. The van der Waals surface area contributed by atoms with E-state index in [0.717, 1.165) is 59.8 Å². The van der Waals surface area contributed by atoms with Crippen LogP contribution in [0.15, 0.2) is 78.2 Å². The number of quaternary nitrogens is 1. The van der Waals surface area contributed by atoms with Gasteiger partial charge in [0.15, 0.2) is 6.10 Å². The zero-order valence-corrected chi connectivity index (χ0v) is 21.6. The summed E-state index contributed by atoms with van der Waals surface area (Å²) in [6.07, 6.45) is 1.95. The van der Waals surface area contributed by atoms with E-state index in [-0.39, 0.29) is 29.2 Å². The summed E-state index contributed by atoms with van der Waals surface area (Å²) in [5.41, 5.74) is 1.10. The molecule has 1 atom stereocenters. The van der Waals surface area contributed by atoms with Crippen molar-refractivity contribution >= 4 is 22.4 Å². The van der Waals surface area contributed by atoms with Crippen LogP contribution in [0.2, 0.25) is 0 Å². The number of carbonyl (C=O) groups excluding carboxylic acids is 1. The molecule has 0 spiro atoms. The fourth-order valence-electron chi connectivity index (χ4n) is 5.16. The first-order valence-corrected chi connectivity index (χ1v) is 12.7. The number of fused-ring (bicyclic) bond motifs is 3. The van der Waals surface area contributed by atoms with Gasteiger partial charge in [0.2, 0.25) is 0 Å². The first kappa shape index (κ1) is 24.8. The Hall–Kier alpha value is -2.35. The Labute approximate surface area is 216 Å². The molecule has 0 saturated carbocycles. The molecule has 3 saturated heterocycles. The van der Waals surface area contributed by atoms with E-state index in [1.807, 2.05) is 66.0 Å². The summed E-state index contributed by atoms with van der Waals surface area (Å²) in [7, 11) is 0. The third kappa shape index (κ3) is 5.82. The molecule has 180 valence electrons. The number of anilines is 1. The van der Waals surface area contributed by atoms with E-state index < -0.39 is 0 Å². The van der Waals surface area contributed by atoms with Crippen molar-refractivity contribution in [3.8, 4) is 5.75 Å². The molecule has 0 radical (unpaired) electrons. The number of para-hydroxylation sites is 1. The minimum Gasteiger partial charge on any atom is -1.00 e. The highest BCUT2D eigenvalue weighted by Crippen LogP contribution is 2.36. The van der Waals surface area contributed by atoms with Crippen molar-refractivity contribution in [1.82, 2.24) is 0 Å². The monoisotopic (exact) mass is 542 g/mol. The van der Waals surface area contributed by atoms with Gasteiger partial charge in [-0.2, -0.15) is 0 Å². The molecule has 0 aliphatic carbocycles. The molecular formula is C27H31BrN2O3S. The molecule has 5 nitrogen and oxygen atoms in total. The number of hydrogen-bond donors (Lipinski definition) is 0. The lowest BCUT2D eigenvalue weighted by molar-refractivity contribution is -0.946. The summed E-state index contributed by atoms with van der Waals surface area (Å²) in [5.74, 6) is 1.38. The van der Waals surface area contributed by atoms with Gasteiger partial charge in [-0.15, -0.1) is 11.3 Å². The Morgan fingerprint density at radius 2 is 1.68 bits per heavy atom. The zero-order valence-electron chi connectivity index (χ0n) is 19.2. The van der Waals surface area contributed by atoms with Crippen LogP contribution in [0.5, 0.6) is 5.75 Å². The number of amides is 1. The Balaban J connectivity index is 0.00000274. The number of ether oxygens (including phenoxy) is 2. The lowest BCUT2D eigenvalue weighted by Crippen LogP contribution is -3.00. The summed E-state index contributed by atoms with van der Waals surface area (Å²) in [6, 6.07) is 24.1. The van der Waals surface area contributed by atoms with Crippen LogP contribution in [0.3, 0.4) is 0 Å². The molecule has 4 heterocycles. The van der Waals surface area contributed by atoms with Gasteiger partial charge in [0.25, 0.3) is 0 Å². The largest absolute Gasteiger partial charge is 1.00 e. The smallest absolute Gasteiger partial charge is 0.415 e. The highest BCUT2D eigenvalue weighted by atomic mass is 79.9. The van der Waals surface area contributed by atoms with Crippen LogP contribution >= 0.6 is 11.3 Å². The Morgan fingerprint density at radius 1 is 0.971 bits per heavy atom. The van der Waals surface area contributed by atoms with E-state index in [4.69, 9.17) is 9.47 Å². The Bertz CT molecular complexity index is 1020. The van der Waals surface area contributed by atoms with E-state index in [2.05, 4.69) is 12.1 Å². The van der Waals surface area contributed by atoms with Gasteiger partial charge in [0, 0.05) is 18.8 Å². The molecule has 34 heavy (non-hydrogen) atoms. The zero-order chi connectivity index (χ0) is 22.5. The van der Waals surface area contributed by atoms with Crippen molar-refractivity contribution in [2.24, 2.45) is 5.92 Å². The number of piperidine rings is 3. The van der Waals surface area contributed by atoms with Crippen molar-refractivity contribution in [3.05, 3.63) is 83.7 Å². The molecule has 0 N–H and O–H groups in total. The summed E-state index contributed by atoms with van der Waals surface area (Å²) < 4.78 is 13.2. The lowest BCUT2D eigenvalue weighted by Gasteiger charge is -2.52. The minimum atomic E-state index is -0.237. The lowest BCUT2D eigenvalue weighted by atomic mass is 9.83. The third-order valence-electron chi connectivity index (χ3n) is 7.05. The van der Waals surface area contributed by atoms with Crippen LogP contribution in [0.1, 0.15) is 18.4 Å². The maximum Gasteiger partial charge on any atom is 0.415 e. The van der Waals surface area contributed by atoms with Gasteiger partial charge in [-0.05, 0) is 35.2 Å². The molecule has 6 rings (SSSR count). The molecular weight excluding hydrogens is 512 g/mol. The number of rotatable bonds is 8. The average Bonchev–Trinajstić information content (AvgIpc) is 3.39.